The molecule has 0 bridgehead atoms. The molecular formula is C16H23NO. The largest absolute Gasteiger partial charge is 0.373 e. The number of nitrogens with one attached hydrogen (secondary N) is 1. The fourth-order valence-corrected chi connectivity index (χ4v) is 3.86. The van der Waals surface area contributed by atoms with E-state index in [4.69, 9.17) is 4.74 Å². The third kappa shape index (κ3) is 1.98. The summed E-state index contributed by atoms with van der Waals surface area (Å²) in [6.07, 6.45) is 7.10. The first-order chi connectivity index (χ1) is 8.85. The van der Waals surface area contributed by atoms with E-state index in [1.807, 2.05) is 0 Å². The van der Waals surface area contributed by atoms with Gasteiger partial charge in [0.1, 0.15) is 0 Å². The highest BCUT2D eigenvalue weighted by Crippen LogP contribution is 2.54. The number of benzene rings is 1. The minimum Gasteiger partial charge on any atom is -0.373 e. The summed E-state index contributed by atoms with van der Waals surface area (Å²) >= 11 is 0. The molecule has 0 aromatic heterocycles. The molecule has 2 unspecified atom stereocenters. The van der Waals surface area contributed by atoms with Crippen LogP contribution in [0.3, 0.4) is 0 Å². The van der Waals surface area contributed by atoms with Crippen LogP contribution in [0.5, 0.6) is 0 Å². The van der Waals surface area contributed by atoms with Crippen molar-refractivity contribution in [3.05, 3.63) is 35.9 Å². The Hall–Kier alpha value is -0.860. The Morgan fingerprint density at radius 1 is 1.22 bits per heavy atom. The molecule has 0 saturated heterocycles. The Labute approximate surface area is 110 Å². The molecule has 0 amide bonds. The monoisotopic (exact) mass is 245 g/mol. The summed E-state index contributed by atoms with van der Waals surface area (Å²) in [6.45, 7) is 0.768. The van der Waals surface area contributed by atoms with Gasteiger partial charge in [-0.3, -0.25) is 0 Å². The molecule has 2 saturated carbocycles. The summed E-state index contributed by atoms with van der Waals surface area (Å²) in [5, 5.41) is 3.48. The van der Waals surface area contributed by atoms with Gasteiger partial charge in [0, 0.05) is 11.5 Å². The molecule has 0 aliphatic heterocycles. The lowest BCUT2D eigenvalue weighted by Gasteiger charge is -2.54. The van der Waals surface area contributed by atoms with Crippen LogP contribution in [-0.2, 0) is 11.3 Å². The van der Waals surface area contributed by atoms with Crippen LogP contribution in [0, 0.1) is 5.41 Å². The van der Waals surface area contributed by atoms with Crippen LogP contribution in [0.25, 0.3) is 0 Å². The van der Waals surface area contributed by atoms with Crippen LogP contribution >= 0.6 is 0 Å². The fourth-order valence-electron chi connectivity index (χ4n) is 3.86. The normalized spacial score (nSPS) is 29.4. The van der Waals surface area contributed by atoms with Gasteiger partial charge < -0.3 is 10.1 Å². The first-order valence-corrected chi connectivity index (χ1v) is 7.18. The van der Waals surface area contributed by atoms with E-state index in [1.54, 1.807) is 0 Å². The maximum absolute atomic E-state index is 6.19. The third-order valence-corrected chi connectivity index (χ3v) is 4.96. The van der Waals surface area contributed by atoms with Crippen molar-refractivity contribution in [2.45, 2.75) is 50.9 Å². The number of ether oxygens (including phenoxy) is 1. The van der Waals surface area contributed by atoms with E-state index in [1.165, 1.54) is 37.7 Å². The van der Waals surface area contributed by atoms with Gasteiger partial charge in [0.25, 0.3) is 0 Å². The Kier molecular flexibility index (Phi) is 3.40. The number of rotatable bonds is 4. The fraction of sp³-hybridized carbons (Fsp3) is 0.625. The van der Waals surface area contributed by atoms with Gasteiger partial charge in [-0.2, -0.15) is 0 Å². The topological polar surface area (TPSA) is 21.3 Å². The molecule has 18 heavy (non-hydrogen) atoms. The lowest BCUT2D eigenvalue weighted by molar-refractivity contribution is -0.138. The van der Waals surface area contributed by atoms with Gasteiger partial charge in [-0.25, -0.2) is 0 Å². The van der Waals surface area contributed by atoms with E-state index in [2.05, 4.69) is 42.7 Å². The quantitative estimate of drug-likeness (QED) is 0.880. The molecule has 98 valence electrons. The highest BCUT2D eigenvalue weighted by atomic mass is 16.5. The van der Waals surface area contributed by atoms with E-state index in [0.29, 0.717) is 17.6 Å². The Bertz CT molecular complexity index is 383. The van der Waals surface area contributed by atoms with E-state index in [9.17, 15) is 0 Å². The third-order valence-electron chi connectivity index (χ3n) is 4.96. The first kappa shape index (κ1) is 12.2. The van der Waals surface area contributed by atoms with Crippen LogP contribution in [0.1, 0.15) is 37.7 Å². The molecule has 1 N–H and O–H groups in total. The predicted molar refractivity (Wildman–Crippen MR) is 73.4 cm³/mol. The first-order valence-electron chi connectivity index (χ1n) is 7.18. The van der Waals surface area contributed by atoms with Crippen molar-refractivity contribution in [2.75, 3.05) is 7.05 Å². The van der Waals surface area contributed by atoms with Gasteiger partial charge in [-0.15, -0.1) is 0 Å². The molecule has 2 heteroatoms. The van der Waals surface area contributed by atoms with E-state index in [0.717, 1.165) is 6.61 Å². The SMILES string of the molecule is CNC1CC(OCc2ccccc2)C12CCCC2. The van der Waals surface area contributed by atoms with Crippen LogP contribution in [0.15, 0.2) is 30.3 Å². The molecule has 0 heterocycles. The van der Waals surface area contributed by atoms with Crippen molar-refractivity contribution in [1.29, 1.82) is 0 Å². The van der Waals surface area contributed by atoms with Crippen molar-refractivity contribution in [3.8, 4) is 0 Å². The molecule has 2 aliphatic carbocycles. The van der Waals surface area contributed by atoms with Gasteiger partial charge in [0.05, 0.1) is 12.7 Å². The Morgan fingerprint density at radius 3 is 2.61 bits per heavy atom. The Morgan fingerprint density at radius 2 is 1.94 bits per heavy atom. The van der Waals surface area contributed by atoms with Gasteiger partial charge in [0.15, 0.2) is 0 Å². The summed E-state index contributed by atoms with van der Waals surface area (Å²) in [7, 11) is 2.10. The molecule has 2 aliphatic rings. The minimum atomic E-state index is 0.448. The van der Waals surface area contributed by atoms with E-state index >= 15 is 0 Å². The molecule has 1 aromatic rings. The summed E-state index contributed by atoms with van der Waals surface area (Å²) in [5.41, 5.74) is 1.74. The van der Waals surface area contributed by atoms with Crippen molar-refractivity contribution in [3.63, 3.8) is 0 Å². The van der Waals surface area contributed by atoms with Crippen molar-refractivity contribution in [2.24, 2.45) is 5.41 Å². The number of hydrogen-bond acceptors (Lipinski definition) is 2. The van der Waals surface area contributed by atoms with Gasteiger partial charge >= 0.3 is 0 Å². The van der Waals surface area contributed by atoms with Crippen molar-refractivity contribution < 1.29 is 4.74 Å². The average Bonchev–Trinajstić information content (AvgIpc) is 2.91. The lowest BCUT2D eigenvalue weighted by Crippen LogP contribution is -2.61. The molecule has 3 rings (SSSR count). The lowest BCUT2D eigenvalue weighted by atomic mass is 9.60. The van der Waals surface area contributed by atoms with Crippen LogP contribution < -0.4 is 5.32 Å². The molecular weight excluding hydrogens is 222 g/mol. The Balaban J connectivity index is 1.60. The van der Waals surface area contributed by atoms with Gasteiger partial charge in [-0.1, -0.05) is 43.2 Å². The molecule has 2 nitrogen and oxygen atoms in total. The zero-order chi connectivity index (χ0) is 12.4. The second-order valence-electron chi connectivity index (χ2n) is 5.80. The van der Waals surface area contributed by atoms with Crippen LogP contribution in [0.2, 0.25) is 0 Å². The standard InChI is InChI=1S/C16H23NO/c1-17-14-11-15(16(14)9-5-6-10-16)18-12-13-7-3-2-4-8-13/h2-4,7-8,14-15,17H,5-6,9-12H2,1H3. The van der Waals surface area contributed by atoms with Crippen LogP contribution in [-0.4, -0.2) is 19.2 Å². The smallest absolute Gasteiger partial charge is 0.0720 e. The van der Waals surface area contributed by atoms with Crippen molar-refractivity contribution in [1.82, 2.24) is 5.32 Å². The number of hydrogen-bond donors (Lipinski definition) is 1. The zero-order valence-electron chi connectivity index (χ0n) is 11.2. The predicted octanol–water partition coefficient (Wildman–Crippen LogP) is 3.12. The summed E-state index contributed by atoms with van der Waals surface area (Å²) in [6, 6.07) is 11.2. The van der Waals surface area contributed by atoms with Crippen molar-refractivity contribution >= 4 is 0 Å². The second-order valence-corrected chi connectivity index (χ2v) is 5.80. The van der Waals surface area contributed by atoms with Gasteiger partial charge in [-0.05, 0) is 31.9 Å². The van der Waals surface area contributed by atoms with E-state index in [-0.39, 0.29) is 0 Å². The van der Waals surface area contributed by atoms with Crippen LogP contribution in [0.4, 0.5) is 0 Å². The maximum Gasteiger partial charge on any atom is 0.0720 e. The molecule has 2 fully saturated rings. The van der Waals surface area contributed by atoms with Gasteiger partial charge in [0.2, 0.25) is 0 Å². The summed E-state index contributed by atoms with van der Waals surface area (Å²) < 4.78 is 6.19. The van der Waals surface area contributed by atoms with E-state index < -0.39 is 0 Å². The molecule has 2 atom stereocenters. The molecule has 1 aromatic carbocycles. The highest BCUT2D eigenvalue weighted by Gasteiger charge is 2.55. The minimum absolute atomic E-state index is 0.448. The second kappa shape index (κ2) is 5.02. The molecule has 1 spiro atoms. The maximum atomic E-state index is 6.19. The summed E-state index contributed by atoms with van der Waals surface area (Å²) in [4.78, 5) is 0. The molecule has 0 radical (unpaired) electrons. The highest BCUT2D eigenvalue weighted by molar-refractivity contribution is 5.14. The average molecular weight is 245 g/mol. The zero-order valence-corrected chi connectivity index (χ0v) is 11.2. The summed E-state index contributed by atoms with van der Waals surface area (Å²) in [5.74, 6) is 0.